The van der Waals surface area contributed by atoms with Crippen molar-refractivity contribution >= 4 is 15.7 Å². The van der Waals surface area contributed by atoms with Gasteiger partial charge in [0.25, 0.3) is 5.91 Å². The van der Waals surface area contributed by atoms with Crippen LogP contribution in [0.3, 0.4) is 0 Å². The minimum Gasteiger partial charge on any atom is -0.507 e. The molecule has 1 fully saturated rings. The van der Waals surface area contributed by atoms with Gasteiger partial charge in [0.2, 0.25) is 0 Å². The van der Waals surface area contributed by atoms with E-state index in [0.29, 0.717) is 5.75 Å². The van der Waals surface area contributed by atoms with Gasteiger partial charge < -0.3 is 14.7 Å². The Kier molecular flexibility index (Phi) is 3.89. The van der Waals surface area contributed by atoms with Crippen LogP contribution in [-0.2, 0) is 9.84 Å². The number of methoxy groups -OCH3 is 1. The maximum Gasteiger partial charge on any atom is 0.257 e. The quantitative estimate of drug-likeness (QED) is 0.867. The van der Waals surface area contributed by atoms with Crippen molar-refractivity contribution in [1.82, 2.24) is 4.90 Å². The first-order chi connectivity index (χ1) is 9.34. The van der Waals surface area contributed by atoms with Crippen molar-refractivity contribution < 1.29 is 23.1 Å². The largest absolute Gasteiger partial charge is 0.507 e. The number of amides is 1. The Morgan fingerprint density at radius 3 is 2.70 bits per heavy atom. The lowest BCUT2D eigenvalue weighted by Gasteiger charge is -2.33. The molecule has 0 spiro atoms. The molecule has 1 aromatic rings. The van der Waals surface area contributed by atoms with Crippen LogP contribution >= 0.6 is 0 Å². The van der Waals surface area contributed by atoms with Gasteiger partial charge in [-0.3, -0.25) is 4.79 Å². The fourth-order valence-electron chi connectivity index (χ4n) is 2.27. The van der Waals surface area contributed by atoms with E-state index in [2.05, 4.69) is 0 Å². The van der Waals surface area contributed by atoms with Crippen LogP contribution in [0.1, 0.15) is 17.3 Å². The third-order valence-electron chi connectivity index (χ3n) is 3.37. The summed E-state index contributed by atoms with van der Waals surface area (Å²) in [5.74, 6) is -0.175. The van der Waals surface area contributed by atoms with Gasteiger partial charge in [-0.2, -0.15) is 0 Å². The number of hydrogen-bond donors (Lipinski definition) is 1. The second kappa shape index (κ2) is 5.32. The lowest BCUT2D eigenvalue weighted by Crippen LogP contribution is -2.49. The molecular weight excluding hydrogens is 282 g/mol. The van der Waals surface area contributed by atoms with E-state index in [1.807, 2.05) is 0 Å². The average molecular weight is 299 g/mol. The van der Waals surface area contributed by atoms with Gasteiger partial charge >= 0.3 is 0 Å². The highest BCUT2D eigenvalue weighted by Gasteiger charge is 2.32. The Morgan fingerprint density at radius 2 is 2.15 bits per heavy atom. The molecule has 6 nitrogen and oxygen atoms in total. The standard InChI is InChI=1S/C13H17NO5S/c1-9-8-20(17,18)6-5-14(9)13(16)11-4-3-10(19-2)7-12(11)15/h3-4,7,9,15H,5-6,8H2,1-2H3. The maximum atomic E-state index is 12.4. The molecular formula is C13H17NO5S. The van der Waals surface area contributed by atoms with Crippen LogP contribution in [-0.4, -0.2) is 55.5 Å². The van der Waals surface area contributed by atoms with Gasteiger partial charge in [0.05, 0.1) is 24.2 Å². The first-order valence-corrected chi connectivity index (χ1v) is 8.04. The summed E-state index contributed by atoms with van der Waals surface area (Å²) in [6.07, 6.45) is 0. The summed E-state index contributed by atoms with van der Waals surface area (Å²) in [6.45, 7) is 1.84. The number of benzene rings is 1. The van der Waals surface area contributed by atoms with Crippen LogP contribution in [0.15, 0.2) is 18.2 Å². The highest BCUT2D eigenvalue weighted by atomic mass is 32.2. The molecule has 110 valence electrons. The molecule has 1 aliphatic rings. The van der Waals surface area contributed by atoms with Crippen molar-refractivity contribution in [3.05, 3.63) is 23.8 Å². The van der Waals surface area contributed by atoms with Gasteiger partial charge in [-0.05, 0) is 19.1 Å². The molecule has 1 aliphatic heterocycles. The smallest absolute Gasteiger partial charge is 0.257 e. The third kappa shape index (κ3) is 2.87. The van der Waals surface area contributed by atoms with E-state index in [-0.39, 0.29) is 35.3 Å². The number of rotatable bonds is 2. The Bertz CT molecular complexity index is 626. The second-order valence-corrected chi connectivity index (χ2v) is 7.07. The number of carbonyl (C=O) groups is 1. The molecule has 20 heavy (non-hydrogen) atoms. The number of sulfone groups is 1. The minimum absolute atomic E-state index is 0.0417. The number of carbonyl (C=O) groups excluding carboxylic acids is 1. The molecule has 0 bridgehead atoms. The van der Waals surface area contributed by atoms with Crippen molar-refractivity contribution in [2.24, 2.45) is 0 Å². The highest BCUT2D eigenvalue weighted by molar-refractivity contribution is 7.91. The summed E-state index contributed by atoms with van der Waals surface area (Å²) >= 11 is 0. The van der Waals surface area contributed by atoms with Crippen molar-refractivity contribution in [2.75, 3.05) is 25.2 Å². The molecule has 7 heteroatoms. The van der Waals surface area contributed by atoms with Crippen LogP contribution in [0.4, 0.5) is 0 Å². The van der Waals surface area contributed by atoms with Gasteiger partial charge in [0.1, 0.15) is 11.5 Å². The Hall–Kier alpha value is -1.76. The average Bonchev–Trinajstić information content (AvgIpc) is 2.36. The summed E-state index contributed by atoms with van der Waals surface area (Å²) in [4.78, 5) is 13.8. The molecule has 0 aliphatic carbocycles. The maximum absolute atomic E-state index is 12.4. The van der Waals surface area contributed by atoms with E-state index in [1.165, 1.54) is 24.1 Å². The minimum atomic E-state index is -3.08. The Morgan fingerprint density at radius 1 is 1.45 bits per heavy atom. The predicted molar refractivity (Wildman–Crippen MR) is 73.8 cm³/mol. The van der Waals surface area contributed by atoms with E-state index in [9.17, 15) is 18.3 Å². The predicted octanol–water partition coefficient (Wildman–Crippen LogP) is 0.660. The Labute approximate surface area is 117 Å². The molecule has 1 aromatic carbocycles. The molecule has 1 atom stereocenters. The summed E-state index contributed by atoms with van der Waals surface area (Å²) in [5.41, 5.74) is 0.150. The van der Waals surface area contributed by atoms with Gasteiger partial charge in [-0.1, -0.05) is 0 Å². The molecule has 1 heterocycles. The van der Waals surface area contributed by atoms with E-state index in [1.54, 1.807) is 13.0 Å². The van der Waals surface area contributed by atoms with Gasteiger partial charge in [-0.25, -0.2) is 8.42 Å². The second-order valence-electron chi connectivity index (χ2n) is 4.85. The lowest BCUT2D eigenvalue weighted by atomic mass is 10.1. The first kappa shape index (κ1) is 14.6. The number of phenols is 1. The van der Waals surface area contributed by atoms with E-state index >= 15 is 0 Å². The summed E-state index contributed by atoms with van der Waals surface area (Å²) in [6, 6.07) is 4.02. The molecule has 1 unspecified atom stereocenters. The zero-order valence-corrected chi connectivity index (χ0v) is 12.2. The number of nitrogens with zero attached hydrogens (tertiary/aromatic N) is 1. The van der Waals surface area contributed by atoms with Gasteiger partial charge in [0.15, 0.2) is 9.84 Å². The molecule has 1 saturated heterocycles. The lowest BCUT2D eigenvalue weighted by molar-refractivity contribution is 0.0709. The fourth-order valence-corrected chi connectivity index (χ4v) is 3.83. The molecule has 1 N–H and O–H groups in total. The van der Waals surface area contributed by atoms with Crippen molar-refractivity contribution in [3.63, 3.8) is 0 Å². The zero-order chi connectivity index (χ0) is 14.9. The van der Waals surface area contributed by atoms with Crippen LogP contribution in [0.5, 0.6) is 11.5 Å². The monoisotopic (exact) mass is 299 g/mol. The zero-order valence-electron chi connectivity index (χ0n) is 11.4. The van der Waals surface area contributed by atoms with E-state index < -0.39 is 15.9 Å². The van der Waals surface area contributed by atoms with Crippen LogP contribution in [0, 0.1) is 0 Å². The molecule has 0 radical (unpaired) electrons. The number of phenolic OH excluding ortho intramolecular Hbond substituents is 1. The number of ether oxygens (including phenoxy) is 1. The summed E-state index contributed by atoms with van der Waals surface area (Å²) in [7, 11) is -1.61. The Balaban J connectivity index is 2.24. The first-order valence-electron chi connectivity index (χ1n) is 6.22. The fraction of sp³-hybridized carbons (Fsp3) is 0.462. The van der Waals surface area contributed by atoms with Crippen molar-refractivity contribution in [1.29, 1.82) is 0 Å². The van der Waals surface area contributed by atoms with Crippen molar-refractivity contribution in [2.45, 2.75) is 13.0 Å². The van der Waals surface area contributed by atoms with Gasteiger partial charge in [-0.15, -0.1) is 0 Å². The van der Waals surface area contributed by atoms with Crippen LogP contribution in [0.25, 0.3) is 0 Å². The highest BCUT2D eigenvalue weighted by Crippen LogP contribution is 2.26. The van der Waals surface area contributed by atoms with E-state index in [4.69, 9.17) is 4.74 Å². The molecule has 0 aromatic heterocycles. The summed E-state index contributed by atoms with van der Waals surface area (Å²) < 4.78 is 28.0. The van der Waals surface area contributed by atoms with Gasteiger partial charge in [0, 0.05) is 18.7 Å². The normalized spacial score (nSPS) is 21.5. The van der Waals surface area contributed by atoms with Crippen LogP contribution in [0.2, 0.25) is 0 Å². The molecule has 2 rings (SSSR count). The van der Waals surface area contributed by atoms with Crippen LogP contribution < -0.4 is 4.74 Å². The van der Waals surface area contributed by atoms with Crippen molar-refractivity contribution in [3.8, 4) is 11.5 Å². The number of aromatic hydroxyl groups is 1. The molecule has 0 saturated carbocycles. The van der Waals surface area contributed by atoms with E-state index in [0.717, 1.165) is 0 Å². The SMILES string of the molecule is COc1ccc(C(=O)N2CCS(=O)(=O)CC2C)c(O)c1. The topological polar surface area (TPSA) is 83.9 Å². The summed E-state index contributed by atoms with van der Waals surface area (Å²) in [5, 5.41) is 9.87. The molecule has 1 amide bonds. The third-order valence-corrected chi connectivity index (χ3v) is 5.16. The number of hydrogen-bond acceptors (Lipinski definition) is 5.